The zero-order valence-electron chi connectivity index (χ0n) is 6.19. The summed E-state index contributed by atoms with van der Waals surface area (Å²) >= 11 is 0. The predicted octanol–water partition coefficient (Wildman–Crippen LogP) is 0.0654. The molecule has 0 radical (unpaired) electrons. The highest BCUT2D eigenvalue weighted by molar-refractivity contribution is 5.80. The van der Waals surface area contributed by atoms with Crippen molar-refractivity contribution in [3.63, 3.8) is 0 Å². The molecule has 2 N–H and O–H groups in total. The fourth-order valence-electron chi connectivity index (χ4n) is 0.690. The predicted molar refractivity (Wildman–Crippen MR) is 39.6 cm³/mol. The van der Waals surface area contributed by atoms with Crippen LogP contribution in [-0.4, -0.2) is 16.1 Å². The summed E-state index contributed by atoms with van der Waals surface area (Å²) in [5, 5.41) is 7.38. The first-order valence-corrected chi connectivity index (χ1v) is 3.28. The number of amides is 1. The maximum Gasteiger partial charge on any atom is 0.226 e. The summed E-state index contributed by atoms with van der Waals surface area (Å²) in [6.45, 7) is 1.70. The molecule has 0 aliphatic rings. The van der Waals surface area contributed by atoms with Gasteiger partial charge in [-0.25, -0.2) is 0 Å². The van der Waals surface area contributed by atoms with Gasteiger partial charge in [-0.3, -0.25) is 4.79 Å². The van der Waals surface area contributed by atoms with Crippen LogP contribution in [0.5, 0.6) is 0 Å². The van der Waals surface area contributed by atoms with E-state index in [-0.39, 0.29) is 11.8 Å². The summed E-state index contributed by atoms with van der Waals surface area (Å²) in [6.07, 6.45) is 1.55. The summed E-state index contributed by atoms with van der Waals surface area (Å²) in [6, 6.07) is 3.45. The van der Waals surface area contributed by atoms with Crippen molar-refractivity contribution in [2.24, 2.45) is 5.73 Å². The van der Waals surface area contributed by atoms with Gasteiger partial charge in [0.05, 0.1) is 11.6 Å². The van der Waals surface area contributed by atoms with Crippen molar-refractivity contribution < 1.29 is 4.79 Å². The SMILES string of the molecule is CC(C(N)=O)c1cccnn1. The van der Waals surface area contributed by atoms with Gasteiger partial charge in [0.15, 0.2) is 0 Å². The van der Waals surface area contributed by atoms with Crippen LogP contribution in [0.15, 0.2) is 18.3 Å². The molecule has 0 aromatic carbocycles. The largest absolute Gasteiger partial charge is 0.369 e. The van der Waals surface area contributed by atoms with Crippen LogP contribution < -0.4 is 5.73 Å². The van der Waals surface area contributed by atoms with Gasteiger partial charge in [-0.15, -0.1) is 0 Å². The van der Waals surface area contributed by atoms with E-state index in [2.05, 4.69) is 10.2 Å². The van der Waals surface area contributed by atoms with Crippen LogP contribution in [0.2, 0.25) is 0 Å². The number of primary amides is 1. The lowest BCUT2D eigenvalue weighted by Gasteiger charge is -2.03. The number of rotatable bonds is 2. The van der Waals surface area contributed by atoms with Crippen LogP contribution in [0, 0.1) is 0 Å². The van der Waals surface area contributed by atoms with Crippen LogP contribution in [0.25, 0.3) is 0 Å². The van der Waals surface area contributed by atoms with Gasteiger partial charge in [-0.1, -0.05) is 0 Å². The van der Waals surface area contributed by atoms with Crippen molar-refractivity contribution in [3.8, 4) is 0 Å². The molecule has 1 unspecified atom stereocenters. The van der Waals surface area contributed by atoms with E-state index in [1.54, 1.807) is 25.3 Å². The second-order valence-electron chi connectivity index (χ2n) is 2.27. The molecule has 0 aliphatic carbocycles. The molecule has 0 bridgehead atoms. The molecular formula is C7H9N3O. The number of nitrogens with two attached hydrogens (primary N) is 1. The van der Waals surface area contributed by atoms with Crippen LogP contribution in [-0.2, 0) is 4.79 Å². The molecule has 1 aromatic rings. The first-order valence-electron chi connectivity index (χ1n) is 3.28. The zero-order valence-corrected chi connectivity index (χ0v) is 6.19. The number of carbonyl (C=O) groups excluding carboxylic acids is 1. The molecule has 1 heterocycles. The highest BCUT2D eigenvalue weighted by Gasteiger charge is 2.11. The second-order valence-corrected chi connectivity index (χ2v) is 2.27. The third-order valence-electron chi connectivity index (χ3n) is 1.46. The quantitative estimate of drug-likeness (QED) is 0.650. The van der Waals surface area contributed by atoms with Crippen LogP contribution in [0.4, 0.5) is 0 Å². The molecule has 0 aliphatic heterocycles. The Kier molecular flexibility index (Phi) is 2.15. The Hall–Kier alpha value is -1.45. The summed E-state index contributed by atoms with van der Waals surface area (Å²) in [5.41, 5.74) is 5.67. The molecule has 4 nitrogen and oxygen atoms in total. The average Bonchev–Trinajstić information content (AvgIpc) is 2.05. The monoisotopic (exact) mass is 151 g/mol. The Bertz CT molecular complexity index is 247. The molecule has 0 spiro atoms. The number of nitrogens with zero attached hydrogens (tertiary/aromatic N) is 2. The molecule has 1 rings (SSSR count). The van der Waals surface area contributed by atoms with Crippen molar-refractivity contribution in [1.82, 2.24) is 10.2 Å². The van der Waals surface area contributed by atoms with Gasteiger partial charge in [0.1, 0.15) is 0 Å². The van der Waals surface area contributed by atoms with Crippen molar-refractivity contribution in [2.75, 3.05) is 0 Å². The van der Waals surface area contributed by atoms with Crippen molar-refractivity contribution in [3.05, 3.63) is 24.0 Å². The lowest BCUT2D eigenvalue weighted by Crippen LogP contribution is -2.19. The Morgan fingerprint density at radius 3 is 2.91 bits per heavy atom. The lowest BCUT2D eigenvalue weighted by atomic mass is 10.1. The summed E-state index contributed by atoms with van der Waals surface area (Å²) in [5.74, 6) is -0.741. The molecule has 11 heavy (non-hydrogen) atoms. The highest BCUT2D eigenvalue weighted by atomic mass is 16.1. The molecule has 0 fully saturated rings. The molecule has 0 saturated carbocycles. The number of carbonyl (C=O) groups is 1. The smallest absolute Gasteiger partial charge is 0.226 e. The normalized spacial score (nSPS) is 12.5. The first-order chi connectivity index (χ1) is 5.22. The molecular weight excluding hydrogens is 142 g/mol. The maximum absolute atomic E-state index is 10.7. The number of aromatic nitrogens is 2. The van der Waals surface area contributed by atoms with E-state index in [0.717, 1.165) is 0 Å². The van der Waals surface area contributed by atoms with E-state index in [0.29, 0.717) is 5.69 Å². The molecule has 4 heteroatoms. The topological polar surface area (TPSA) is 68.9 Å². The van der Waals surface area contributed by atoms with E-state index in [4.69, 9.17) is 5.73 Å². The van der Waals surface area contributed by atoms with Gasteiger partial charge in [0.25, 0.3) is 0 Å². The molecule has 58 valence electrons. The average molecular weight is 151 g/mol. The highest BCUT2D eigenvalue weighted by Crippen LogP contribution is 2.08. The standard InChI is InChI=1S/C7H9N3O/c1-5(7(8)11)6-3-2-4-9-10-6/h2-5H,1H3,(H2,8,11). The van der Waals surface area contributed by atoms with Crippen LogP contribution in [0.3, 0.4) is 0 Å². The van der Waals surface area contributed by atoms with E-state index in [1.165, 1.54) is 0 Å². The van der Waals surface area contributed by atoms with Gasteiger partial charge in [-0.05, 0) is 19.1 Å². The van der Waals surface area contributed by atoms with E-state index in [1.807, 2.05) is 0 Å². The van der Waals surface area contributed by atoms with Gasteiger partial charge < -0.3 is 5.73 Å². The fourth-order valence-corrected chi connectivity index (χ4v) is 0.690. The van der Waals surface area contributed by atoms with Crippen LogP contribution >= 0.6 is 0 Å². The van der Waals surface area contributed by atoms with E-state index >= 15 is 0 Å². The van der Waals surface area contributed by atoms with Gasteiger partial charge >= 0.3 is 0 Å². The molecule has 1 aromatic heterocycles. The Morgan fingerprint density at radius 1 is 1.73 bits per heavy atom. The Morgan fingerprint density at radius 2 is 2.45 bits per heavy atom. The first kappa shape index (κ1) is 7.65. The second kappa shape index (κ2) is 3.09. The fraction of sp³-hybridized carbons (Fsp3) is 0.286. The minimum atomic E-state index is -0.384. The van der Waals surface area contributed by atoms with Crippen molar-refractivity contribution >= 4 is 5.91 Å². The Balaban J connectivity index is 2.85. The minimum absolute atomic E-state index is 0.358. The van der Waals surface area contributed by atoms with E-state index < -0.39 is 0 Å². The lowest BCUT2D eigenvalue weighted by molar-refractivity contribution is -0.119. The van der Waals surface area contributed by atoms with Gasteiger partial charge in [0, 0.05) is 6.20 Å². The van der Waals surface area contributed by atoms with Crippen molar-refractivity contribution in [1.29, 1.82) is 0 Å². The summed E-state index contributed by atoms with van der Waals surface area (Å²) < 4.78 is 0. The zero-order chi connectivity index (χ0) is 8.27. The van der Waals surface area contributed by atoms with Crippen molar-refractivity contribution in [2.45, 2.75) is 12.8 Å². The molecule has 0 saturated heterocycles. The summed E-state index contributed by atoms with van der Waals surface area (Å²) in [4.78, 5) is 10.7. The van der Waals surface area contributed by atoms with Crippen LogP contribution in [0.1, 0.15) is 18.5 Å². The minimum Gasteiger partial charge on any atom is -0.369 e. The molecule has 1 amide bonds. The van der Waals surface area contributed by atoms with Gasteiger partial charge in [-0.2, -0.15) is 10.2 Å². The Labute approximate surface area is 64.4 Å². The third-order valence-corrected chi connectivity index (χ3v) is 1.46. The summed E-state index contributed by atoms with van der Waals surface area (Å²) in [7, 11) is 0. The third kappa shape index (κ3) is 1.73. The van der Waals surface area contributed by atoms with E-state index in [9.17, 15) is 4.79 Å². The van der Waals surface area contributed by atoms with Gasteiger partial charge in [0.2, 0.25) is 5.91 Å². The molecule has 1 atom stereocenters. The number of hydrogen-bond donors (Lipinski definition) is 1. The maximum atomic E-state index is 10.7. The number of hydrogen-bond acceptors (Lipinski definition) is 3.